The second-order valence-electron chi connectivity index (χ2n) is 5.62. The fourth-order valence-corrected chi connectivity index (χ4v) is 2.15. The molecule has 2 aromatic rings. The maximum Gasteiger partial charge on any atom is 0.253 e. The molecule has 122 valence electrons. The van der Waals surface area contributed by atoms with Gasteiger partial charge in [-0.3, -0.25) is 9.78 Å². The quantitative estimate of drug-likeness (QED) is 0.825. The van der Waals surface area contributed by atoms with Crippen molar-refractivity contribution in [3.05, 3.63) is 53.9 Å². The third-order valence-corrected chi connectivity index (χ3v) is 3.32. The summed E-state index contributed by atoms with van der Waals surface area (Å²) in [5.74, 6) is 0.751. The summed E-state index contributed by atoms with van der Waals surface area (Å²) in [6.07, 6.45) is 4.18. The lowest BCUT2D eigenvalue weighted by molar-refractivity contribution is 0.0943. The molecule has 0 aliphatic rings. The van der Waals surface area contributed by atoms with Crippen LogP contribution in [0.25, 0.3) is 0 Å². The highest BCUT2D eigenvalue weighted by Crippen LogP contribution is 2.13. The van der Waals surface area contributed by atoms with Crippen LogP contribution < -0.4 is 15.4 Å². The zero-order chi connectivity index (χ0) is 16.7. The van der Waals surface area contributed by atoms with Crippen molar-refractivity contribution in [2.24, 2.45) is 0 Å². The molecule has 2 N–H and O–H groups in total. The first-order valence-corrected chi connectivity index (χ1v) is 7.71. The Morgan fingerprint density at radius 3 is 2.61 bits per heavy atom. The number of carbonyl (C=O) groups is 1. The number of amides is 1. The van der Waals surface area contributed by atoms with Crippen LogP contribution in [0.4, 0.5) is 5.69 Å². The lowest BCUT2D eigenvalue weighted by atomic mass is 10.1. The smallest absolute Gasteiger partial charge is 0.253 e. The van der Waals surface area contributed by atoms with Crippen molar-refractivity contribution >= 4 is 11.6 Å². The van der Waals surface area contributed by atoms with Crippen LogP contribution in [0.5, 0.6) is 5.75 Å². The van der Waals surface area contributed by atoms with E-state index < -0.39 is 0 Å². The van der Waals surface area contributed by atoms with Crippen molar-refractivity contribution in [1.29, 1.82) is 0 Å². The van der Waals surface area contributed by atoms with Gasteiger partial charge in [0.15, 0.2) is 0 Å². The molecule has 5 nitrogen and oxygen atoms in total. The second kappa shape index (κ2) is 8.17. The summed E-state index contributed by atoms with van der Waals surface area (Å²) >= 11 is 0. The minimum Gasteiger partial charge on any atom is -0.497 e. The molecule has 1 amide bonds. The molecule has 0 unspecified atom stereocenters. The number of nitrogens with one attached hydrogen (secondary N) is 2. The molecule has 0 aliphatic carbocycles. The molecular formula is C18H23N3O2. The summed E-state index contributed by atoms with van der Waals surface area (Å²) in [4.78, 5) is 16.1. The van der Waals surface area contributed by atoms with E-state index in [1.54, 1.807) is 19.5 Å². The van der Waals surface area contributed by atoms with Gasteiger partial charge in [0.25, 0.3) is 5.91 Å². The van der Waals surface area contributed by atoms with Crippen molar-refractivity contribution in [2.75, 3.05) is 19.0 Å². The van der Waals surface area contributed by atoms with Gasteiger partial charge in [0.05, 0.1) is 18.4 Å². The van der Waals surface area contributed by atoms with Crippen LogP contribution in [0.3, 0.4) is 0 Å². The Hall–Kier alpha value is -2.56. The van der Waals surface area contributed by atoms with Gasteiger partial charge in [-0.1, -0.05) is 12.1 Å². The first kappa shape index (κ1) is 16.8. The van der Waals surface area contributed by atoms with E-state index in [-0.39, 0.29) is 11.9 Å². The van der Waals surface area contributed by atoms with Crippen LogP contribution >= 0.6 is 0 Å². The summed E-state index contributed by atoms with van der Waals surface area (Å²) in [5, 5.41) is 6.16. The lowest BCUT2D eigenvalue weighted by Crippen LogP contribution is -2.30. The molecule has 0 radical (unpaired) electrons. The summed E-state index contributed by atoms with van der Waals surface area (Å²) in [7, 11) is 1.66. The van der Waals surface area contributed by atoms with Crippen LogP contribution in [0, 0.1) is 0 Å². The molecule has 1 aromatic carbocycles. The molecule has 5 heteroatoms. The topological polar surface area (TPSA) is 63.2 Å². The fourth-order valence-electron chi connectivity index (χ4n) is 2.15. The Morgan fingerprint density at radius 1 is 1.22 bits per heavy atom. The van der Waals surface area contributed by atoms with E-state index in [9.17, 15) is 4.79 Å². The molecule has 0 fully saturated rings. The number of hydrogen-bond donors (Lipinski definition) is 2. The standard InChI is InChI=1S/C18H23N3O2/c1-13(2)21-18(22)15-10-16(12-19-11-15)20-9-8-14-4-6-17(23-3)7-5-14/h4-7,10-13,20H,8-9H2,1-3H3,(H,21,22). The van der Waals surface area contributed by atoms with Gasteiger partial charge in [-0.2, -0.15) is 0 Å². The Morgan fingerprint density at radius 2 is 1.96 bits per heavy atom. The summed E-state index contributed by atoms with van der Waals surface area (Å²) in [6.45, 7) is 4.63. The maximum absolute atomic E-state index is 12.0. The van der Waals surface area contributed by atoms with Crippen LogP contribution in [-0.4, -0.2) is 30.6 Å². The largest absolute Gasteiger partial charge is 0.497 e. The van der Waals surface area contributed by atoms with Crippen molar-refractivity contribution in [1.82, 2.24) is 10.3 Å². The van der Waals surface area contributed by atoms with Crippen molar-refractivity contribution in [3.63, 3.8) is 0 Å². The number of carbonyl (C=O) groups excluding carboxylic acids is 1. The zero-order valence-corrected chi connectivity index (χ0v) is 13.8. The first-order valence-electron chi connectivity index (χ1n) is 7.71. The van der Waals surface area contributed by atoms with E-state index in [4.69, 9.17) is 4.74 Å². The minimum absolute atomic E-state index is 0.105. The molecule has 0 atom stereocenters. The Kier molecular flexibility index (Phi) is 5.97. The molecule has 0 aliphatic heterocycles. The van der Waals surface area contributed by atoms with Crippen LogP contribution in [0.2, 0.25) is 0 Å². The number of nitrogens with zero attached hydrogens (tertiary/aromatic N) is 1. The number of benzene rings is 1. The summed E-state index contributed by atoms with van der Waals surface area (Å²) in [6, 6.07) is 9.92. The van der Waals surface area contributed by atoms with Gasteiger partial charge in [0, 0.05) is 25.0 Å². The molecule has 0 saturated carbocycles. The van der Waals surface area contributed by atoms with Gasteiger partial charge in [0.2, 0.25) is 0 Å². The monoisotopic (exact) mass is 313 g/mol. The Balaban J connectivity index is 1.89. The van der Waals surface area contributed by atoms with E-state index in [2.05, 4.69) is 15.6 Å². The van der Waals surface area contributed by atoms with Crippen LogP contribution in [0.1, 0.15) is 29.8 Å². The Bertz CT molecular complexity index is 639. The highest BCUT2D eigenvalue weighted by molar-refractivity contribution is 5.94. The molecule has 0 spiro atoms. The van der Waals surface area contributed by atoms with Gasteiger partial charge < -0.3 is 15.4 Å². The predicted molar refractivity (Wildman–Crippen MR) is 92.0 cm³/mol. The van der Waals surface area contributed by atoms with Crippen molar-refractivity contribution in [3.8, 4) is 5.75 Å². The average Bonchev–Trinajstić information content (AvgIpc) is 2.55. The zero-order valence-electron chi connectivity index (χ0n) is 13.8. The lowest BCUT2D eigenvalue weighted by Gasteiger charge is -2.10. The number of rotatable bonds is 7. The molecule has 23 heavy (non-hydrogen) atoms. The number of ether oxygens (including phenoxy) is 1. The SMILES string of the molecule is COc1ccc(CCNc2cncc(C(=O)NC(C)C)c2)cc1. The molecule has 0 saturated heterocycles. The number of pyridine rings is 1. The normalized spacial score (nSPS) is 10.4. The van der Waals surface area contributed by atoms with Crippen molar-refractivity contribution in [2.45, 2.75) is 26.3 Å². The molecule has 0 bridgehead atoms. The summed E-state index contributed by atoms with van der Waals surface area (Å²) in [5.41, 5.74) is 2.63. The number of aromatic nitrogens is 1. The fraction of sp³-hybridized carbons (Fsp3) is 0.333. The van der Waals surface area contributed by atoms with Gasteiger partial charge >= 0.3 is 0 Å². The van der Waals surface area contributed by atoms with Gasteiger partial charge in [-0.25, -0.2) is 0 Å². The third-order valence-electron chi connectivity index (χ3n) is 3.32. The van der Waals surface area contributed by atoms with E-state index in [1.165, 1.54) is 5.56 Å². The number of hydrogen-bond acceptors (Lipinski definition) is 4. The first-order chi connectivity index (χ1) is 11.1. The highest BCUT2D eigenvalue weighted by Gasteiger charge is 2.08. The van der Waals surface area contributed by atoms with Gasteiger partial charge in [-0.15, -0.1) is 0 Å². The summed E-state index contributed by atoms with van der Waals surface area (Å²) < 4.78 is 5.14. The van der Waals surface area contributed by atoms with Crippen LogP contribution in [-0.2, 0) is 6.42 Å². The number of methoxy groups -OCH3 is 1. The maximum atomic E-state index is 12.0. The van der Waals surface area contributed by atoms with Crippen LogP contribution in [0.15, 0.2) is 42.7 Å². The van der Waals surface area contributed by atoms with Gasteiger partial charge in [-0.05, 0) is 44.0 Å². The molecular weight excluding hydrogens is 290 g/mol. The average molecular weight is 313 g/mol. The molecule has 1 aromatic heterocycles. The predicted octanol–water partition coefficient (Wildman–Crippen LogP) is 2.88. The van der Waals surface area contributed by atoms with E-state index in [1.807, 2.05) is 44.2 Å². The molecule has 2 rings (SSSR count). The van der Waals surface area contributed by atoms with E-state index in [0.717, 1.165) is 24.4 Å². The second-order valence-corrected chi connectivity index (χ2v) is 5.62. The highest BCUT2D eigenvalue weighted by atomic mass is 16.5. The van der Waals surface area contributed by atoms with E-state index in [0.29, 0.717) is 5.56 Å². The van der Waals surface area contributed by atoms with E-state index >= 15 is 0 Å². The Labute approximate surface area is 137 Å². The van der Waals surface area contributed by atoms with Crippen molar-refractivity contribution < 1.29 is 9.53 Å². The molecule has 1 heterocycles. The minimum atomic E-state index is -0.105. The van der Waals surface area contributed by atoms with Gasteiger partial charge in [0.1, 0.15) is 5.75 Å². The number of anilines is 1. The third kappa shape index (κ3) is 5.29.